The summed E-state index contributed by atoms with van der Waals surface area (Å²) in [6.07, 6.45) is 0. The standard InChI is InChI=1S/C6H14NO4PS2/c1-6(8)7-4-5-13-14-12(9,10-2)11-3/h4-5H2,1-3H3,(H,7,8). The Bertz CT molecular complexity index is 218. The van der Waals surface area contributed by atoms with Crippen LogP contribution in [0, 0.1) is 0 Å². The van der Waals surface area contributed by atoms with Gasteiger partial charge in [0.2, 0.25) is 5.91 Å². The Kier molecular flexibility index (Phi) is 7.76. The third-order valence-corrected chi connectivity index (χ3v) is 7.55. The molecule has 0 radical (unpaired) electrons. The normalized spacial score (nSPS) is 11.4. The van der Waals surface area contributed by atoms with Crippen LogP contribution in [-0.4, -0.2) is 32.4 Å². The molecule has 0 fully saturated rings. The highest BCUT2D eigenvalue weighted by molar-refractivity contribution is 8.98. The van der Waals surface area contributed by atoms with Gasteiger partial charge in [0.15, 0.2) is 0 Å². The molecule has 0 heterocycles. The van der Waals surface area contributed by atoms with Crippen molar-refractivity contribution in [2.75, 3.05) is 26.5 Å². The summed E-state index contributed by atoms with van der Waals surface area (Å²) in [6.45, 7) is -0.985. The summed E-state index contributed by atoms with van der Waals surface area (Å²) in [5.74, 6) is 0.582. The molecule has 84 valence electrons. The van der Waals surface area contributed by atoms with Crippen LogP contribution in [0.2, 0.25) is 0 Å². The van der Waals surface area contributed by atoms with Crippen molar-refractivity contribution in [3.63, 3.8) is 0 Å². The van der Waals surface area contributed by atoms with Gasteiger partial charge >= 0.3 is 6.80 Å². The number of hydrogen-bond donors (Lipinski definition) is 1. The molecule has 0 atom stereocenters. The molecule has 0 aliphatic rings. The van der Waals surface area contributed by atoms with Gasteiger partial charge in [-0.1, -0.05) is 10.8 Å². The Morgan fingerprint density at radius 3 is 2.43 bits per heavy atom. The summed E-state index contributed by atoms with van der Waals surface area (Å²) in [5, 5.41) is 2.62. The quantitative estimate of drug-likeness (QED) is 0.428. The van der Waals surface area contributed by atoms with Crippen molar-refractivity contribution in [1.82, 2.24) is 5.32 Å². The molecule has 0 aliphatic carbocycles. The summed E-state index contributed by atoms with van der Waals surface area (Å²) in [4.78, 5) is 10.5. The molecule has 1 amide bonds. The first kappa shape index (κ1) is 14.3. The van der Waals surface area contributed by atoms with Crippen molar-refractivity contribution in [2.45, 2.75) is 6.92 Å². The molecule has 0 rings (SSSR count). The SMILES string of the molecule is COP(=O)(OC)SSCCNC(C)=O. The van der Waals surface area contributed by atoms with Gasteiger partial charge < -0.3 is 14.4 Å². The van der Waals surface area contributed by atoms with E-state index in [0.29, 0.717) is 12.3 Å². The highest BCUT2D eigenvalue weighted by Crippen LogP contribution is 2.64. The number of carbonyl (C=O) groups is 1. The van der Waals surface area contributed by atoms with Crippen molar-refractivity contribution < 1.29 is 18.4 Å². The number of amides is 1. The van der Waals surface area contributed by atoms with E-state index in [1.807, 2.05) is 0 Å². The van der Waals surface area contributed by atoms with Crippen molar-refractivity contribution in [3.8, 4) is 0 Å². The number of nitrogens with one attached hydrogen (secondary N) is 1. The first-order chi connectivity index (χ1) is 6.54. The van der Waals surface area contributed by atoms with E-state index in [-0.39, 0.29) is 5.91 Å². The molecular formula is C6H14NO4PS2. The number of hydrogen-bond acceptors (Lipinski definition) is 6. The van der Waals surface area contributed by atoms with Crippen LogP contribution in [0.15, 0.2) is 0 Å². The molecule has 14 heavy (non-hydrogen) atoms. The maximum Gasteiger partial charge on any atom is 0.399 e. The van der Waals surface area contributed by atoms with Gasteiger partial charge in [0.05, 0.1) is 0 Å². The second-order valence-electron chi connectivity index (χ2n) is 2.19. The Balaban J connectivity index is 3.53. The molecule has 0 aromatic carbocycles. The fourth-order valence-corrected chi connectivity index (χ4v) is 5.32. The van der Waals surface area contributed by atoms with Crippen molar-refractivity contribution in [2.24, 2.45) is 0 Å². The average Bonchev–Trinajstić information content (AvgIpc) is 2.16. The minimum Gasteiger partial charge on any atom is -0.355 e. The molecular weight excluding hydrogens is 245 g/mol. The van der Waals surface area contributed by atoms with Gasteiger partial charge in [-0.2, -0.15) is 0 Å². The van der Waals surface area contributed by atoms with Crippen LogP contribution in [0.25, 0.3) is 0 Å². The minimum absolute atomic E-state index is 0.0720. The van der Waals surface area contributed by atoms with E-state index < -0.39 is 6.80 Å². The van der Waals surface area contributed by atoms with Crippen LogP contribution in [-0.2, 0) is 18.4 Å². The zero-order valence-corrected chi connectivity index (χ0v) is 10.8. The summed E-state index contributed by atoms with van der Waals surface area (Å²) >= 11 is 0. The summed E-state index contributed by atoms with van der Waals surface area (Å²) < 4.78 is 20.9. The van der Waals surface area contributed by atoms with Gasteiger partial charge in [-0.3, -0.25) is 4.79 Å². The number of rotatable bonds is 7. The van der Waals surface area contributed by atoms with Gasteiger partial charge in [0, 0.05) is 43.9 Å². The monoisotopic (exact) mass is 259 g/mol. The van der Waals surface area contributed by atoms with Crippen LogP contribution in [0.4, 0.5) is 0 Å². The molecule has 0 aliphatic heterocycles. The molecule has 5 nitrogen and oxygen atoms in total. The molecule has 0 saturated heterocycles. The van der Waals surface area contributed by atoms with E-state index >= 15 is 0 Å². The first-order valence-electron chi connectivity index (χ1n) is 3.81. The van der Waals surface area contributed by atoms with Crippen LogP contribution >= 0.6 is 28.0 Å². The molecule has 0 aromatic heterocycles. The van der Waals surface area contributed by atoms with Gasteiger partial charge in [0.1, 0.15) is 0 Å². The Morgan fingerprint density at radius 1 is 1.43 bits per heavy atom. The Labute approximate surface area is 91.4 Å². The van der Waals surface area contributed by atoms with Crippen molar-refractivity contribution in [3.05, 3.63) is 0 Å². The zero-order valence-electron chi connectivity index (χ0n) is 8.31. The second kappa shape index (κ2) is 7.59. The van der Waals surface area contributed by atoms with E-state index in [1.54, 1.807) is 0 Å². The van der Waals surface area contributed by atoms with Crippen molar-refractivity contribution in [1.29, 1.82) is 0 Å². The highest BCUT2D eigenvalue weighted by atomic mass is 33.3. The third kappa shape index (κ3) is 6.73. The predicted molar refractivity (Wildman–Crippen MR) is 60.4 cm³/mol. The highest BCUT2D eigenvalue weighted by Gasteiger charge is 2.22. The third-order valence-electron chi connectivity index (χ3n) is 1.15. The molecule has 0 aromatic rings. The second-order valence-corrected chi connectivity index (χ2v) is 8.45. The van der Waals surface area contributed by atoms with Crippen LogP contribution in [0.3, 0.4) is 0 Å². The lowest BCUT2D eigenvalue weighted by atomic mass is 10.6. The van der Waals surface area contributed by atoms with E-state index in [9.17, 15) is 9.36 Å². The maximum absolute atomic E-state index is 11.5. The van der Waals surface area contributed by atoms with E-state index in [2.05, 4.69) is 5.32 Å². The first-order valence-corrected chi connectivity index (χ1v) is 8.28. The largest absolute Gasteiger partial charge is 0.399 e. The zero-order chi connectivity index (χ0) is 11.0. The average molecular weight is 259 g/mol. The lowest BCUT2D eigenvalue weighted by Gasteiger charge is -2.11. The van der Waals surface area contributed by atoms with E-state index in [4.69, 9.17) is 9.05 Å². The molecule has 0 bridgehead atoms. The smallest absolute Gasteiger partial charge is 0.355 e. The Morgan fingerprint density at radius 2 is 2.00 bits per heavy atom. The van der Waals surface area contributed by atoms with E-state index in [0.717, 1.165) is 10.4 Å². The molecule has 8 heteroatoms. The minimum atomic E-state index is -2.98. The Hall–Kier alpha value is 0.320. The van der Waals surface area contributed by atoms with Crippen LogP contribution < -0.4 is 5.32 Å². The van der Waals surface area contributed by atoms with E-state index in [1.165, 1.54) is 31.9 Å². The van der Waals surface area contributed by atoms with Gasteiger partial charge in [0.25, 0.3) is 0 Å². The summed E-state index contributed by atoms with van der Waals surface area (Å²) in [5.41, 5.74) is 0. The molecule has 0 spiro atoms. The summed E-state index contributed by atoms with van der Waals surface area (Å²) in [7, 11) is 5.07. The lowest BCUT2D eigenvalue weighted by molar-refractivity contribution is -0.118. The fraction of sp³-hybridized carbons (Fsp3) is 0.833. The van der Waals surface area contributed by atoms with Crippen LogP contribution in [0.5, 0.6) is 0 Å². The van der Waals surface area contributed by atoms with Gasteiger partial charge in [-0.25, -0.2) is 4.57 Å². The topological polar surface area (TPSA) is 64.6 Å². The van der Waals surface area contributed by atoms with Gasteiger partial charge in [-0.05, 0) is 0 Å². The van der Waals surface area contributed by atoms with Crippen molar-refractivity contribution >= 4 is 33.9 Å². The molecule has 0 saturated carbocycles. The lowest BCUT2D eigenvalue weighted by Crippen LogP contribution is -2.22. The predicted octanol–water partition coefficient (Wildman–Crippen LogP) is 1.90. The van der Waals surface area contributed by atoms with Gasteiger partial charge in [-0.15, -0.1) is 0 Å². The fourth-order valence-electron chi connectivity index (χ4n) is 0.506. The number of carbonyl (C=O) groups excluding carboxylic acids is 1. The maximum atomic E-state index is 11.5. The summed E-state index contributed by atoms with van der Waals surface area (Å²) in [6, 6.07) is 0. The molecule has 0 unspecified atom stereocenters. The molecule has 1 N–H and O–H groups in total. The van der Waals surface area contributed by atoms with Crippen LogP contribution in [0.1, 0.15) is 6.92 Å².